The summed E-state index contributed by atoms with van der Waals surface area (Å²) in [6.07, 6.45) is 0.766. The number of fused-ring (bicyclic) bond motifs is 1. The van der Waals surface area contributed by atoms with Gasteiger partial charge >= 0.3 is 6.03 Å². The molecule has 0 unspecified atom stereocenters. The summed E-state index contributed by atoms with van der Waals surface area (Å²) in [4.78, 5) is 36.2. The number of hydrogen-bond acceptors (Lipinski definition) is 5. The zero-order chi connectivity index (χ0) is 20.8. The first kappa shape index (κ1) is 19.6. The Kier molecular flexibility index (Phi) is 6.00. The van der Waals surface area contributed by atoms with Gasteiger partial charge in [0.1, 0.15) is 5.82 Å². The van der Waals surface area contributed by atoms with E-state index in [4.69, 9.17) is 0 Å². The Bertz CT molecular complexity index is 1120. The first-order valence-electron chi connectivity index (χ1n) is 9.43. The van der Waals surface area contributed by atoms with Gasteiger partial charge in [0.2, 0.25) is 5.91 Å². The maximum atomic E-state index is 12.2. The van der Waals surface area contributed by atoms with E-state index in [0.29, 0.717) is 29.5 Å². The molecule has 2 aromatic carbocycles. The largest absolute Gasteiger partial charge is 0.355 e. The topological polar surface area (TPSA) is 112 Å². The molecule has 2 heterocycles. The lowest BCUT2D eigenvalue weighted by atomic mass is 10.3. The molecule has 30 heavy (non-hydrogen) atoms. The highest BCUT2D eigenvalue weighted by Gasteiger charge is 2.10. The van der Waals surface area contributed by atoms with E-state index in [0.717, 1.165) is 16.9 Å². The molecule has 0 aliphatic carbocycles. The lowest BCUT2D eigenvalue weighted by molar-refractivity contribution is -0.120. The monoisotopic (exact) mass is 420 g/mol. The zero-order valence-corrected chi connectivity index (χ0v) is 16.8. The van der Waals surface area contributed by atoms with Gasteiger partial charge in [-0.1, -0.05) is 30.3 Å². The van der Waals surface area contributed by atoms with Crippen LogP contribution in [0.15, 0.2) is 60.0 Å². The van der Waals surface area contributed by atoms with E-state index in [2.05, 4.69) is 30.9 Å². The van der Waals surface area contributed by atoms with Crippen molar-refractivity contribution in [2.45, 2.75) is 12.8 Å². The number of hydrogen-bond donors (Lipinski definition) is 4. The number of carbonyl (C=O) groups is 2. The number of carbonyl (C=O) groups excluding carboxylic acids is 2. The summed E-state index contributed by atoms with van der Waals surface area (Å²) < 4.78 is 0. The van der Waals surface area contributed by atoms with Gasteiger partial charge in [-0.25, -0.2) is 14.8 Å². The highest BCUT2D eigenvalue weighted by molar-refractivity contribution is 7.14. The van der Waals surface area contributed by atoms with Gasteiger partial charge < -0.3 is 15.6 Å². The van der Waals surface area contributed by atoms with Crippen LogP contribution in [0.1, 0.15) is 11.5 Å². The molecule has 0 fully saturated rings. The van der Waals surface area contributed by atoms with Gasteiger partial charge in [0, 0.05) is 24.0 Å². The lowest BCUT2D eigenvalue weighted by Gasteiger charge is -2.04. The maximum Gasteiger partial charge on any atom is 0.325 e. The van der Waals surface area contributed by atoms with E-state index in [-0.39, 0.29) is 18.4 Å². The van der Waals surface area contributed by atoms with Crippen molar-refractivity contribution in [1.82, 2.24) is 20.3 Å². The standard InChI is InChI=1S/C21H20N6O2S/c28-19(22-11-10-18-25-16-8-4-5-9-17(16)26-18)12-15-13-30-21(24-15)27-20(29)23-14-6-2-1-3-7-14/h1-9,13H,10-12H2,(H,22,28)(H,25,26)(H2,23,24,27,29). The molecule has 0 spiro atoms. The molecule has 0 radical (unpaired) electrons. The van der Waals surface area contributed by atoms with E-state index in [1.165, 1.54) is 11.3 Å². The molecular formula is C21H20N6O2S. The van der Waals surface area contributed by atoms with Gasteiger partial charge in [0.15, 0.2) is 5.13 Å². The van der Waals surface area contributed by atoms with Gasteiger partial charge in [-0.05, 0) is 24.3 Å². The minimum Gasteiger partial charge on any atom is -0.355 e. The van der Waals surface area contributed by atoms with Gasteiger partial charge in [-0.3, -0.25) is 10.1 Å². The fraction of sp³-hybridized carbons (Fsp3) is 0.143. The number of benzene rings is 2. The van der Waals surface area contributed by atoms with Crippen LogP contribution >= 0.6 is 11.3 Å². The van der Waals surface area contributed by atoms with Crippen molar-refractivity contribution in [3.05, 3.63) is 71.5 Å². The summed E-state index contributed by atoms with van der Waals surface area (Å²) in [6.45, 7) is 0.480. The molecule has 152 valence electrons. The number of amides is 3. The number of para-hydroxylation sites is 3. The number of nitrogens with zero attached hydrogens (tertiary/aromatic N) is 2. The van der Waals surface area contributed by atoms with Crippen molar-refractivity contribution in [3.8, 4) is 0 Å². The third-order valence-corrected chi connectivity index (χ3v) is 5.07. The molecule has 0 bridgehead atoms. The first-order chi connectivity index (χ1) is 14.7. The van der Waals surface area contributed by atoms with Crippen molar-refractivity contribution in [2.75, 3.05) is 17.2 Å². The van der Waals surface area contributed by atoms with Crippen LogP contribution in [0.4, 0.5) is 15.6 Å². The molecule has 4 rings (SSSR count). The van der Waals surface area contributed by atoms with Gasteiger partial charge in [-0.2, -0.15) is 0 Å². The number of nitrogens with one attached hydrogen (secondary N) is 4. The van der Waals surface area contributed by atoms with Crippen molar-refractivity contribution in [2.24, 2.45) is 0 Å². The number of thiazole rings is 1. The number of aromatic nitrogens is 3. The molecule has 0 saturated carbocycles. The summed E-state index contributed by atoms with van der Waals surface area (Å²) >= 11 is 1.28. The van der Waals surface area contributed by atoms with E-state index in [1.807, 2.05) is 42.5 Å². The van der Waals surface area contributed by atoms with Crippen LogP contribution in [0.3, 0.4) is 0 Å². The fourth-order valence-electron chi connectivity index (χ4n) is 2.90. The fourth-order valence-corrected chi connectivity index (χ4v) is 3.60. The summed E-state index contributed by atoms with van der Waals surface area (Å²) in [5, 5.41) is 10.5. The molecule has 4 N–H and O–H groups in total. The number of rotatable bonds is 7. The second-order valence-corrected chi connectivity index (χ2v) is 7.42. The predicted molar refractivity (Wildman–Crippen MR) is 118 cm³/mol. The molecule has 0 saturated heterocycles. The Morgan fingerprint density at radius 3 is 2.60 bits per heavy atom. The summed E-state index contributed by atoms with van der Waals surface area (Å²) in [6, 6.07) is 16.6. The normalized spacial score (nSPS) is 10.7. The van der Waals surface area contributed by atoms with Crippen LogP contribution in [0.5, 0.6) is 0 Å². The average Bonchev–Trinajstić information content (AvgIpc) is 3.34. The average molecular weight is 420 g/mol. The molecule has 8 nitrogen and oxygen atoms in total. The molecule has 0 aliphatic heterocycles. The maximum absolute atomic E-state index is 12.2. The highest BCUT2D eigenvalue weighted by Crippen LogP contribution is 2.16. The Labute approximate surface area is 176 Å². The molecular weight excluding hydrogens is 400 g/mol. The minimum absolute atomic E-state index is 0.128. The van der Waals surface area contributed by atoms with Gasteiger partial charge in [0.25, 0.3) is 0 Å². The molecule has 4 aromatic rings. The number of imidazole rings is 1. The quantitative estimate of drug-likeness (QED) is 0.366. The Morgan fingerprint density at radius 2 is 1.77 bits per heavy atom. The summed E-state index contributed by atoms with van der Waals surface area (Å²) in [7, 11) is 0. The Hall–Kier alpha value is -3.72. The zero-order valence-electron chi connectivity index (χ0n) is 16.0. The number of aromatic amines is 1. The SMILES string of the molecule is O=C(Cc1csc(NC(=O)Nc2ccccc2)n1)NCCc1nc2ccccc2[nH]1. The van der Waals surface area contributed by atoms with Crippen molar-refractivity contribution in [1.29, 1.82) is 0 Å². The van der Waals surface area contributed by atoms with Crippen LogP contribution in [0.25, 0.3) is 11.0 Å². The smallest absolute Gasteiger partial charge is 0.325 e. The third-order valence-electron chi connectivity index (χ3n) is 4.27. The third kappa shape index (κ3) is 5.21. The molecule has 0 atom stereocenters. The first-order valence-corrected chi connectivity index (χ1v) is 10.3. The van der Waals surface area contributed by atoms with Crippen molar-refractivity contribution >= 4 is 45.1 Å². The Balaban J connectivity index is 1.22. The van der Waals surface area contributed by atoms with Gasteiger partial charge in [-0.15, -0.1) is 11.3 Å². The van der Waals surface area contributed by atoms with Gasteiger partial charge in [0.05, 0.1) is 23.1 Å². The molecule has 2 aromatic heterocycles. The molecule has 3 amide bonds. The van der Waals surface area contributed by atoms with E-state index >= 15 is 0 Å². The minimum atomic E-state index is -0.377. The van der Waals surface area contributed by atoms with E-state index < -0.39 is 0 Å². The highest BCUT2D eigenvalue weighted by atomic mass is 32.1. The lowest BCUT2D eigenvalue weighted by Crippen LogP contribution is -2.27. The van der Waals surface area contributed by atoms with E-state index in [9.17, 15) is 9.59 Å². The van der Waals surface area contributed by atoms with Crippen LogP contribution in [0.2, 0.25) is 0 Å². The second-order valence-electron chi connectivity index (χ2n) is 6.57. The number of anilines is 2. The second kappa shape index (κ2) is 9.19. The van der Waals surface area contributed by atoms with Crippen LogP contribution in [0, 0.1) is 0 Å². The van der Waals surface area contributed by atoms with Crippen molar-refractivity contribution in [3.63, 3.8) is 0 Å². The van der Waals surface area contributed by atoms with E-state index in [1.54, 1.807) is 17.5 Å². The van der Waals surface area contributed by atoms with Crippen LogP contribution in [-0.2, 0) is 17.6 Å². The van der Waals surface area contributed by atoms with Crippen LogP contribution < -0.4 is 16.0 Å². The Morgan fingerprint density at radius 1 is 0.967 bits per heavy atom. The predicted octanol–water partition coefficient (Wildman–Crippen LogP) is 3.56. The van der Waals surface area contributed by atoms with Crippen molar-refractivity contribution < 1.29 is 9.59 Å². The summed E-state index contributed by atoms with van der Waals surface area (Å²) in [5.41, 5.74) is 3.20. The van der Waals surface area contributed by atoms with Crippen LogP contribution in [-0.4, -0.2) is 33.4 Å². The number of urea groups is 1. The molecule has 0 aliphatic rings. The molecule has 9 heteroatoms. The summed E-state index contributed by atoms with van der Waals surface area (Å²) in [5.74, 6) is 0.706. The number of H-pyrrole nitrogens is 1.